The second-order valence-corrected chi connectivity index (χ2v) is 5.05. The van der Waals surface area contributed by atoms with Crippen LogP contribution < -0.4 is 10.6 Å². The van der Waals surface area contributed by atoms with Crippen LogP contribution in [0.5, 0.6) is 0 Å². The number of halogens is 2. The summed E-state index contributed by atoms with van der Waals surface area (Å²) < 4.78 is 0. The third-order valence-corrected chi connectivity index (χ3v) is 3.73. The molecule has 0 spiro atoms. The molecule has 1 saturated heterocycles. The molecule has 1 aromatic rings. The van der Waals surface area contributed by atoms with Gasteiger partial charge < -0.3 is 10.6 Å². The topological polar surface area (TPSA) is 72.4 Å². The number of nitrogens with two attached hydrogens (primary N) is 1. The fourth-order valence-electron chi connectivity index (χ4n) is 2.31. The third-order valence-electron chi connectivity index (χ3n) is 3.15. The van der Waals surface area contributed by atoms with Crippen molar-refractivity contribution in [1.82, 2.24) is 0 Å². The molecule has 1 aliphatic rings. The van der Waals surface area contributed by atoms with E-state index < -0.39 is 4.92 Å². The van der Waals surface area contributed by atoms with E-state index in [4.69, 9.17) is 28.9 Å². The minimum atomic E-state index is -0.508. The number of rotatable bonds is 3. The van der Waals surface area contributed by atoms with Gasteiger partial charge in [0.25, 0.3) is 5.69 Å². The van der Waals surface area contributed by atoms with Crippen LogP contribution in [0.15, 0.2) is 12.1 Å². The second kappa shape index (κ2) is 5.30. The summed E-state index contributed by atoms with van der Waals surface area (Å²) in [6.07, 6.45) is 2.01. The SMILES string of the molecule is NCC1CCCN1c1c(Cl)cc([N+](=O)[O-])cc1Cl. The van der Waals surface area contributed by atoms with Gasteiger partial charge in [-0.3, -0.25) is 10.1 Å². The van der Waals surface area contributed by atoms with Crippen LogP contribution in [0.2, 0.25) is 10.0 Å². The maximum atomic E-state index is 10.7. The predicted octanol–water partition coefficient (Wildman–Crippen LogP) is 2.83. The molecule has 0 aromatic heterocycles. The Kier molecular flexibility index (Phi) is 3.94. The standard InChI is InChI=1S/C11H13Cl2N3O2/c12-9-4-8(16(17)18)5-10(13)11(9)15-3-1-2-7(15)6-14/h4-5,7H,1-3,6,14H2. The van der Waals surface area contributed by atoms with E-state index in [2.05, 4.69) is 0 Å². The van der Waals surface area contributed by atoms with Gasteiger partial charge in [-0.15, -0.1) is 0 Å². The highest BCUT2D eigenvalue weighted by Crippen LogP contribution is 2.40. The molecule has 1 atom stereocenters. The average molecular weight is 290 g/mol. The van der Waals surface area contributed by atoms with Gasteiger partial charge in [-0.2, -0.15) is 0 Å². The lowest BCUT2D eigenvalue weighted by molar-refractivity contribution is -0.384. The first-order valence-electron chi connectivity index (χ1n) is 5.64. The zero-order valence-corrected chi connectivity index (χ0v) is 11.1. The molecule has 98 valence electrons. The Labute approximate surface area is 115 Å². The van der Waals surface area contributed by atoms with E-state index in [1.54, 1.807) is 0 Å². The van der Waals surface area contributed by atoms with Gasteiger partial charge in [0.2, 0.25) is 0 Å². The van der Waals surface area contributed by atoms with E-state index in [1.165, 1.54) is 12.1 Å². The molecule has 2 rings (SSSR count). The summed E-state index contributed by atoms with van der Waals surface area (Å²) in [5, 5.41) is 11.3. The normalized spacial score (nSPS) is 19.3. The maximum absolute atomic E-state index is 10.7. The number of hydrogen-bond acceptors (Lipinski definition) is 4. The van der Waals surface area contributed by atoms with Crippen LogP contribution in [0.1, 0.15) is 12.8 Å². The Balaban J connectivity index is 2.42. The van der Waals surface area contributed by atoms with E-state index in [0.717, 1.165) is 19.4 Å². The van der Waals surface area contributed by atoms with Crippen molar-refractivity contribution < 1.29 is 4.92 Å². The van der Waals surface area contributed by atoms with Crippen molar-refractivity contribution in [2.75, 3.05) is 18.0 Å². The van der Waals surface area contributed by atoms with Crippen LogP contribution >= 0.6 is 23.2 Å². The maximum Gasteiger partial charge on any atom is 0.272 e. The van der Waals surface area contributed by atoms with E-state index >= 15 is 0 Å². The molecule has 2 N–H and O–H groups in total. The third kappa shape index (κ3) is 2.39. The fraction of sp³-hybridized carbons (Fsp3) is 0.455. The molecule has 0 bridgehead atoms. The van der Waals surface area contributed by atoms with Gasteiger partial charge in [0.05, 0.1) is 20.7 Å². The molecular formula is C11H13Cl2N3O2. The van der Waals surface area contributed by atoms with Crippen molar-refractivity contribution in [2.24, 2.45) is 5.73 Å². The summed E-state index contributed by atoms with van der Waals surface area (Å²) in [6.45, 7) is 1.34. The van der Waals surface area contributed by atoms with Crippen LogP contribution in [0.3, 0.4) is 0 Å². The van der Waals surface area contributed by atoms with E-state index in [0.29, 0.717) is 22.3 Å². The fourth-order valence-corrected chi connectivity index (χ4v) is 3.00. The number of nitro benzene ring substituents is 1. The molecule has 0 amide bonds. The van der Waals surface area contributed by atoms with E-state index in [-0.39, 0.29) is 11.7 Å². The Morgan fingerprint density at radius 1 is 1.44 bits per heavy atom. The first-order chi connectivity index (χ1) is 8.54. The quantitative estimate of drug-likeness (QED) is 0.686. The summed E-state index contributed by atoms with van der Waals surface area (Å²) in [4.78, 5) is 12.2. The average Bonchev–Trinajstić information content (AvgIpc) is 2.76. The molecule has 7 heteroatoms. The molecule has 0 aliphatic carbocycles. The van der Waals surface area contributed by atoms with Crippen LogP contribution in [-0.4, -0.2) is 24.1 Å². The zero-order valence-electron chi connectivity index (χ0n) is 9.60. The van der Waals surface area contributed by atoms with Gasteiger partial charge in [-0.1, -0.05) is 23.2 Å². The molecular weight excluding hydrogens is 277 g/mol. The van der Waals surface area contributed by atoms with Crippen molar-refractivity contribution in [3.8, 4) is 0 Å². The number of benzene rings is 1. The highest BCUT2D eigenvalue weighted by molar-refractivity contribution is 6.39. The molecule has 0 saturated carbocycles. The molecule has 18 heavy (non-hydrogen) atoms. The van der Waals surface area contributed by atoms with Crippen molar-refractivity contribution in [3.63, 3.8) is 0 Å². The monoisotopic (exact) mass is 289 g/mol. The first-order valence-corrected chi connectivity index (χ1v) is 6.40. The number of nitrogens with zero attached hydrogens (tertiary/aromatic N) is 2. The van der Waals surface area contributed by atoms with Crippen molar-refractivity contribution in [2.45, 2.75) is 18.9 Å². The van der Waals surface area contributed by atoms with Gasteiger partial charge in [0.15, 0.2) is 0 Å². The summed E-state index contributed by atoms with van der Waals surface area (Å²) in [7, 11) is 0. The van der Waals surface area contributed by atoms with Crippen LogP contribution in [0.25, 0.3) is 0 Å². The molecule has 1 aliphatic heterocycles. The van der Waals surface area contributed by atoms with Crippen molar-refractivity contribution >= 4 is 34.6 Å². The van der Waals surface area contributed by atoms with Crippen LogP contribution in [0.4, 0.5) is 11.4 Å². The van der Waals surface area contributed by atoms with Crippen molar-refractivity contribution in [3.05, 3.63) is 32.3 Å². The Morgan fingerprint density at radius 3 is 2.56 bits per heavy atom. The van der Waals surface area contributed by atoms with Crippen LogP contribution in [-0.2, 0) is 0 Å². The summed E-state index contributed by atoms with van der Waals surface area (Å²) in [5.74, 6) is 0. The number of non-ortho nitro benzene ring substituents is 1. The lowest BCUT2D eigenvalue weighted by atomic mass is 10.2. The number of anilines is 1. The minimum absolute atomic E-state index is 0.0998. The molecule has 1 heterocycles. The Bertz CT molecular complexity index is 458. The van der Waals surface area contributed by atoms with Crippen molar-refractivity contribution in [1.29, 1.82) is 0 Å². The van der Waals surface area contributed by atoms with Gasteiger partial charge in [0, 0.05) is 31.3 Å². The molecule has 1 unspecified atom stereocenters. The summed E-state index contributed by atoms with van der Waals surface area (Å²) in [5.41, 5.74) is 6.25. The van der Waals surface area contributed by atoms with Crippen LogP contribution in [0, 0.1) is 10.1 Å². The zero-order chi connectivity index (χ0) is 13.3. The first kappa shape index (κ1) is 13.4. The summed E-state index contributed by atoms with van der Waals surface area (Å²) in [6, 6.07) is 2.85. The predicted molar refractivity (Wildman–Crippen MR) is 72.5 cm³/mol. The summed E-state index contributed by atoms with van der Waals surface area (Å²) >= 11 is 12.2. The highest BCUT2D eigenvalue weighted by Gasteiger charge is 2.28. The largest absolute Gasteiger partial charge is 0.365 e. The minimum Gasteiger partial charge on any atom is -0.365 e. The van der Waals surface area contributed by atoms with Gasteiger partial charge in [-0.05, 0) is 12.8 Å². The molecule has 5 nitrogen and oxygen atoms in total. The number of hydrogen-bond donors (Lipinski definition) is 1. The number of nitro groups is 1. The lowest BCUT2D eigenvalue weighted by Crippen LogP contribution is -2.35. The van der Waals surface area contributed by atoms with Gasteiger partial charge in [-0.25, -0.2) is 0 Å². The Hall–Kier alpha value is -1.04. The van der Waals surface area contributed by atoms with E-state index in [9.17, 15) is 10.1 Å². The van der Waals surface area contributed by atoms with Gasteiger partial charge >= 0.3 is 0 Å². The van der Waals surface area contributed by atoms with Gasteiger partial charge in [0.1, 0.15) is 0 Å². The lowest BCUT2D eigenvalue weighted by Gasteiger charge is -2.27. The molecule has 1 fully saturated rings. The van der Waals surface area contributed by atoms with E-state index in [1.807, 2.05) is 4.90 Å². The Morgan fingerprint density at radius 2 is 2.06 bits per heavy atom. The second-order valence-electron chi connectivity index (χ2n) is 4.24. The highest BCUT2D eigenvalue weighted by atomic mass is 35.5. The molecule has 0 radical (unpaired) electrons. The molecule has 1 aromatic carbocycles. The smallest absolute Gasteiger partial charge is 0.272 e.